The number of rotatable bonds is 6. The van der Waals surface area contributed by atoms with Crippen molar-refractivity contribution in [2.24, 2.45) is 22.7 Å². The Kier molecular flexibility index (Phi) is 7.50. The molecule has 9 heteroatoms. The van der Waals surface area contributed by atoms with Gasteiger partial charge in [-0.15, -0.1) is 0 Å². The van der Waals surface area contributed by atoms with Crippen LogP contribution in [0.5, 0.6) is 0 Å². The van der Waals surface area contributed by atoms with Gasteiger partial charge in [0.25, 0.3) is 0 Å². The SMILES string of the molecule is CC(=O)[C@]1(O)CC[C@@]2(O)[C@]1(C)[C@H](OC(=O)/C=C(\C)C(C)C)C[C@@H]1[C@@]3(C)CC[C@H](OC(=O)CO)CC3=CC[C@]12O. The summed E-state index contributed by atoms with van der Waals surface area (Å²) < 4.78 is 11.4. The molecule has 0 aliphatic heterocycles. The highest BCUT2D eigenvalue weighted by atomic mass is 16.6. The van der Waals surface area contributed by atoms with Gasteiger partial charge < -0.3 is 29.9 Å². The lowest BCUT2D eigenvalue weighted by molar-refractivity contribution is -0.314. The Morgan fingerprint density at radius 3 is 2.33 bits per heavy atom. The summed E-state index contributed by atoms with van der Waals surface area (Å²) in [5, 5.41) is 45.8. The summed E-state index contributed by atoms with van der Waals surface area (Å²) in [6.07, 6.45) is 3.44. The fraction of sp³-hybridized carbons (Fsp3) is 0.767. The van der Waals surface area contributed by atoms with Crippen molar-refractivity contribution < 1.29 is 44.3 Å². The summed E-state index contributed by atoms with van der Waals surface area (Å²) in [6, 6.07) is 0. The molecule has 0 aromatic rings. The zero-order valence-corrected chi connectivity index (χ0v) is 24.0. The van der Waals surface area contributed by atoms with E-state index in [2.05, 4.69) is 0 Å². The zero-order chi connectivity index (χ0) is 29.2. The number of Topliss-reactive ketones (excluding diaryl/α,β-unsaturated/α-hetero) is 1. The molecular formula is C30H44O9. The molecule has 8 atom stereocenters. The molecule has 4 aliphatic rings. The first-order chi connectivity index (χ1) is 18.0. The second-order valence-corrected chi connectivity index (χ2v) is 13.0. The van der Waals surface area contributed by atoms with Gasteiger partial charge >= 0.3 is 11.9 Å². The van der Waals surface area contributed by atoms with Crippen molar-refractivity contribution in [1.82, 2.24) is 0 Å². The molecule has 3 fully saturated rings. The van der Waals surface area contributed by atoms with Crippen LogP contribution in [0.4, 0.5) is 0 Å². The summed E-state index contributed by atoms with van der Waals surface area (Å²) >= 11 is 0. The lowest BCUT2D eigenvalue weighted by Gasteiger charge is -2.67. The quantitative estimate of drug-likeness (QED) is 0.223. The minimum Gasteiger partial charge on any atom is -0.460 e. The number of ketones is 1. The van der Waals surface area contributed by atoms with Gasteiger partial charge in [0, 0.05) is 18.4 Å². The molecule has 218 valence electrons. The first kappa shape index (κ1) is 29.9. The van der Waals surface area contributed by atoms with Gasteiger partial charge in [0.1, 0.15) is 35.6 Å². The topological polar surface area (TPSA) is 151 Å². The van der Waals surface area contributed by atoms with Crippen molar-refractivity contribution in [3.8, 4) is 0 Å². The Morgan fingerprint density at radius 2 is 1.74 bits per heavy atom. The molecule has 4 aliphatic carbocycles. The fourth-order valence-electron chi connectivity index (χ4n) is 8.21. The minimum absolute atomic E-state index is 0.0303. The van der Waals surface area contributed by atoms with Crippen LogP contribution in [-0.2, 0) is 23.9 Å². The van der Waals surface area contributed by atoms with Crippen LogP contribution in [0.15, 0.2) is 23.3 Å². The van der Waals surface area contributed by atoms with E-state index >= 15 is 0 Å². The van der Waals surface area contributed by atoms with Crippen molar-refractivity contribution in [2.75, 3.05) is 6.61 Å². The van der Waals surface area contributed by atoms with Crippen molar-refractivity contribution in [1.29, 1.82) is 0 Å². The maximum absolute atomic E-state index is 13.1. The van der Waals surface area contributed by atoms with Gasteiger partial charge in [0.2, 0.25) is 0 Å². The Morgan fingerprint density at radius 1 is 1.08 bits per heavy atom. The molecule has 0 aromatic heterocycles. The van der Waals surface area contributed by atoms with Crippen LogP contribution in [0.1, 0.15) is 86.5 Å². The molecule has 0 spiro atoms. The second kappa shape index (κ2) is 9.79. The average molecular weight is 549 g/mol. The molecule has 0 aromatic carbocycles. The maximum atomic E-state index is 13.1. The number of carbonyl (C=O) groups excluding carboxylic acids is 3. The van der Waals surface area contributed by atoms with E-state index in [1.165, 1.54) is 13.0 Å². The number of hydrogen-bond acceptors (Lipinski definition) is 9. The zero-order valence-electron chi connectivity index (χ0n) is 24.0. The number of carbonyl (C=O) groups is 3. The Labute approximate surface area is 230 Å². The van der Waals surface area contributed by atoms with Gasteiger partial charge in [0.15, 0.2) is 5.78 Å². The molecule has 4 rings (SSSR count). The largest absolute Gasteiger partial charge is 0.460 e. The van der Waals surface area contributed by atoms with Crippen LogP contribution in [0.3, 0.4) is 0 Å². The third kappa shape index (κ3) is 4.14. The van der Waals surface area contributed by atoms with E-state index < -0.39 is 70.1 Å². The third-order valence-corrected chi connectivity index (χ3v) is 11.1. The van der Waals surface area contributed by atoms with E-state index in [0.29, 0.717) is 19.3 Å². The Hall–Kier alpha value is -2.07. The highest BCUT2D eigenvalue weighted by Crippen LogP contribution is 2.71. The molecule has 9 nitrogen and oxygen atoms in total. The predicted octanol–water partition coefficient (Wildman–Crippen LogP) is 2.53. The summed E-state index contributed by atoms with van der Waals surface area (Å²) in [6.45, 7) is 9.89. The van der Waals surface area contributed by atoms with E-state index in [1.54, 1.807) is 6.92 Å². The number of ether oxygens (including phenoxy) is 2. The summed E-state index contributed by atoms with van der Waals surface area (Å²) in [7, 11) is 0. The number of aliphatic hydroxyl groups is 4. The van der Waals surface area contributed by atoms with E-state index in [9.17, 15) is 29.7 Å². The number of allylic oxidation sites excluding steroid dienone is 1. The van der Waals surface area contributed by atoms with Gasteiger partial charge in [-0.05, 0) is 70.6 Å². The van der Waals surface area contributed by atoms with Crippen molar-refractivity contribution >= 4 is 17.7 Å². The van der Waals surface area contributed by atoms with E-state index in [0.717, 1.165) is 11.1 Å². The van der Waals surface area contributed by atoms with Crippen molar-refractivity contribution in [3.05, 3.63) is 23.3 Å². The Balaban J connectivity index is 1.79. The van der Waals surface area contributed by atoms with Gasteiger partial charge in [-0.2, -0.15) is 0 Å². The molecule has 0 heterocycles. The number of hydrogen-bond donors (Lipinski definition) is 4. The van der Waals surface area contributed by atoms with Crippen LogP contribution in [0.25, 0.3) is 0 Å². The monoisotopic (exact) mass is 548 g/mol. The van der Waals surface area contributed by atoms with Crippen LogP contribution >= 0.6 is 0 Å². The summed E-state index contributed by atoms with van der Waals surface area (Å²) in [4.78, 5) is 37.7. The molecule has 39 heavy (non-hydrogen) atoms. The van der Waals surface area contributed by atoms with Gasteiger partial charge in [0.05, 0.1) is 5.41 Å². The molecule has 0 bridgehead atoms. The smallest absolute Gasteiger partial charge is 0.332 e. The summed E-state index contributed by atoms with van der Waals surface area (Å²) in [5.74, 6) is -2.29. The predicted molar refractivity (Wildman–Crippen MR) is 141 cm³/mol. The lowest BCUT2D eigenvalue weighted by atomic mass is 9.42. The van der Waals surface area contributed by atoms with Crippen LogP contribution in [-0.4, -0.2) is 73.8 Å². The number of esters is 2. The highest BCUT2D eigenvalue weighted by molar-refractivity contribution is 5.87. The summed E-state index contributed by atoms with van der Waals surface area (Å²) in [5.41, 5.74) is -6.08. The lowest BCUT2D eigenvalue weighted by Crippen LogP contribution is -2.78. The highest BCUT2D eigenvalue weighted by Gasteiger charge is 2.81. The first-order valence-corrected chi connectivity index (χ1v) is 14.1. The molecule has 0 radical (unpaired) electrons. The molecule has 0 amide bonds. The molecule has 0 saturated heterocycles. The Bertz CT molecular complexity index is 1110. The average Bonchev–Trinajstić information content (AvgIpc) is 3.09. The second-order valence-electron chi connectivity index (χ2n) is 13.0. The van der Waals surface area contributed by atoms with Crippen molar-refractivity contribution in [2.45, 2.75) is 115 Å². The van der Waals surface area contributed by atoms with Crippen LogP contribution in [0, 0.1) is 22.7 Å². The van der Waals surface area contributed by atoms with E-state index in [4.69, 9.17) is 14.6 Å². The molecule has 4 N–H and O–H groups in total. The van der Waals surface area contributed by atoms with Gasteiger partial charge in [-0.25, -0.2) is 9.59 Å². The van der Waals surface area contributed by atoms with Gasteiger partial charge in [-0.3, -0.25) is 4.79 Å². The third-order valence-electron chi connectivity index (χ3n) is 11.1. The normalized spacial score (nSPS) is 43.6. The van der Waals surface area contributed by atoms with Crippen molar-refractivity contribution in [3.63, 3.8) is 0 Å². The number of fused-ring (bicyclic) bond motifs is 5. The van der Waals surface area contributed by atoms with Crippen LogP contribution < -0.4 is 0 Å². The van der Waals surface area contributed by atoms with Crippen LogP contribution in [0.2, 0.25) is 0 Å². The fourth-order valence-corrected chi connectivity index (χ4v) is 8.21. The first-order valence-electron chi connectivity index (χ1n) is 14.1. The van der Waals surface area contributed by atoms with Gasteiger partial charge in [-0.1, -0.05) is 38.0 Å². The molecule has 3 saturated carbocycles. The maximum Gasteiger partial charge on any atom is 0.332 e. The van der Waals surface area contributed by atoms with E-state index in [-0.39, 0.29) is 31.6 Å². The minimum atomic E-state index is -1.99. The molecular weight excluding hydrogens is 504 g/mol. The molecule has 0 unspecified atom stereocenters. The number of aliphatic hydroxyl groups excluding tert-OH is 1. The standard InChI is InChI=1S/C30H44O9/c1-17(2)18(3)13-24(33)39-23-15-22-26(5)9-8-21(38-25(34)16-31)14-20(26)7-10-29(22,36)30(37)12-11-28(35,19(4)32)27(23,30)6/h7,13,17,21-23,31,35-37H,8-12,14-16H2,1-6H3/b18-13+/t21-,22+,23+,26-,27+,28+,29-,30+/m0/s1. The van der Waals surface area contributed by atoms with E-state index in [1.807, 2.05) is 33.8 Å².